The Bertz CT molecular complexity index is 1030. The Morgan fingerprint density at radius 1 is 1.14 bits per heavy atom. The predicted octanol–water partition coefficient (Wildman–Crippen LogP) is 5.01. The third-order valence-electron chi connectivity index (χ3n) is 3.91. The van der Waals surface area contributed by atoms with Crippen LogP contribution in [-0.2, 0) is 4.74 Å². The molecule has 28 heavy (non-hydrogen) atoms. The third kappa shape index (κ3) is 3.82. The molecule has 2 aromatic carbocycles. The Morgan fingerprint density at radius 2 is 1.86 bits per heavy atom. The Balaban J connectivity index is 1.99. The fourth-order valence-electron chi connectivity index (χ4n) is 2.64. The zero-order valence-electron chi connectivity index (χ0n) is 15.2. The zero-order chi connectivity index (χ0) is 20.3. The van der Waals surface area contributed by atoms with Gasteiger partial charge in [0.25, 0.3) is 5.91 Å². The largest absolute Gasteiger partial charge is 0.491 e. The monoisotopic (exact) mass is 405 g/mol. The molecule has 1 aromatic heterocycles. The Morgan fingerprint density at radius 3 is 2.50 bits per heavy atom. The number of fused-ring (bicyclic) bond motifs is 1. The summed E-state index contributed by atoms with van der Waals surface area (Å²) < 4.78 is 38.9. The van der Waals surface area contributed by atoms with Gasteiger partial charge in [-0.05, 0) is 36.8 Å². The molecule has 0 bridgehead atoms. The molecule has 0 radical (unpaired) electrons. The molecule has 0 aliphatic heterocycles. The van der Waals surface area contributed by atoms with Gasteiger partial charge in [0.05, 0.1) is 13.7 Å². The van der Waals surface area contributed by atoms with Crippen LogP contribution in [0, 0.1) is 11.6 Å². The van der Waals surface area contributed by atoms with E-state index < -0.39 is 29.1 Å². The lowest BCUT2D eigenvalue weighted by molar-refractivity contribution is 0.0602. The number of rotatable bonds is 6. The lowest BCUT2D eigenvalue weighted by Gasteiger charge is -2.09. The third-order valence-corrected chi connectivity index (χ3v) is 5.04. The van der Waals surface area contributed by atoms with E-state index in [9.17, 15) is 18.4 Å². The average Bonchev–Trinajstić information content (AvgIpc) is 3.03. The lowest BCUT2D eigenvalue weighted by atomic mass is 10.1. The van der Waals surface area contributed by atoms with E-state index in [-0.39, 0.29) is 0 Å². The summed E-state index contributed by atoms with van der Waals surface area (Å²) in [5, 5.41) is 3.08. The summed E-state index contributed by atoms with van der Waals surface area (Å²) in [5.74, 6) is -2.97. The van der Waals surface area contributed by atoms with Crippen molar-refractivity contribution in [1.82, 2.24) is 0 Å². The first-order chi connectivity index (χ1) is 13.5. The van der Waals surface area contributed by atoms with E-state index in [4.69, 9.17) is 9.47 Å². The van der Waals surface area contributed by atoms with Gasteiger partial charge in [-0.1, -0.05) is 13.0 Å². The van der Waals surface area contributed by atoms with Crippen molar-refractivity contribution in [3.63, 3.8) is 0 Å². The number of ether oxygens (including phenoxy) is 2. The molecular weight excluding hydrogens is 388 g/mol. The number of amides is 1. The van der Waals surface area contributed by atoms with E-state index in [1.165, 1.54) is 24.5 Å². The minimum Gasteiger partial charge on any atom is -0.491 e. The van der Waals surface area contributed by atoms with Crippen LogP contribution in [0.5, 0.6) is 5.75 Å². The summed E-state index contributed by atoms with van der Waals surface area (Å²) in [6.45, 7) is 2.33. The van der Waals surface area contributed by atoms with Crippen molar-refractivity contribution in [1.29, 1.82) is 0 Å². The van der Waals surface area contributed by atoms with Crippen LogP contribution >= 0.6 is 11.3 Å². The van der Waals surface area contributed by atoms with E-state index in [0.29, 0.717) is 28.3 Å². The maximum absolute atomic E-state index is 13.8. The molecule has 0 spiro atoms. The topological polar surface area (TPSA) is 64.6 Å². The van der Waals surface area contributed by atoms with Gasteiger partial charge in [-0.3, -0.25) is 4.79 Å². The number of hydrogen-bond donors (Lipinski definition) is 1. The van der Waals surface area contributed by atoms with Crippen LogP contribution in [0.25, 0.3) is 10.1 Å². The predicted molar refractivity (Wildman–Crippen MR) is 103 cm³/mol. The number of anilines is 1. The summed E-state index contributed by atoms with van der Waals surface area (Å²) in [5.41, 5.74) is -0.346. The highest BCUT2D eigenvalue weighted by molar-refractivity contribution is 7.21. The molecule has 1 amide bonds. The number of methoxy groups -OCH3 is 1. The summed E-state index contributed by atoms with van der Waals surface area (Å²) in [7, 11) is 1.28. The highest BCUT2D eigenvalue weighted by Crippen LogP contribution is 2.39. The van der Waals surface area contributed by atoms with Gasteiger partial charge in [0.2, 0.25) is 0 Å². The Hall–Kier alpha value is -3.00. The molecule has 1 heterocycles. The number of carbonyl (C=O) groups excluding carboxylic acids is 2. The molecular formula is C20H17F2NO4S. The van der Waals surface area contributed by atoms with E-state index in [2.05, 4.69) is 5.32 Å². The van der Waals surface area contributed by atoms with Gasteiger partial charge in [0, 0.05) is 15.8 Å². The molecule has 8 heteroatoms. The van der Waals surface area contributed by atoms with Crippen molar-refractivity contribution in [2.75, 3.05) is 19.0 Å². The Labute approximate surface area is 163 Å². The minimum atomic E-state index is -0.950. The first-order valence-electron chi connectivity index (χ1n) is 8.49. The highest BCUT2D eigenvalue weighted by atomic mass is 32.1. The number of benzene rings is 2. The number of nitrogens with one attached hydrogen (secondary N) is 1. The fourth-order valence-corrected chi connectivity index (χ4v) is 3.68. The molecule has 5 nitrogen and oxygen atoms in total. The molecule has 146 valence electrons. The van der Waals surface area contributed by atoms with Gasteiger partial charge < -0.3 is 14.8 Å². The van der Waals surface area contributed by atoms with Crippen LogP contribution in [0.3, 0.4) is 0 Å². The van der Waals surface area contributed by atoms with Crippen LogP contribution in [0.4, 0.5) is 14.5 Å². The molecule has 0 saturated heterocycles. The first-order valence-corrected chi connectivity index (χ1v) is 9.31. The van der Waals surface area contributed by atoms with Crippen molar-refractivity contribution in [2.45, 2.75) is 13.3 Å². The second kappa shape index (κ2) is 8.35. The SMILES string of the molecule is CCCOc1c(C(=O)OC)sc2ccc(NC(=O)c3c(F)cccc3F)cc12. The number of thiophene rings is 1. The second-order valence-corrected chi connectivity index (χ2v) is 6.91. The lowest BCUT2D eigenvalue weighted by Crippen LogP contribution is -2.15. The highest BCUT2D eigenvalue weighted by Gasteiger charge is 2.22. The van der Waals surface area contributed by atoms with Crippen LogP contribution in [0.1, 0.15) is 33.4 Å². The van der Waals surface area contributed by atoms with Crippen molar-refractivity contribution in [3.05, 3.63) is 58.5 Å². The van der Waals surface area contributed by atoms with E-state index in [1.54, 1.807) is 18.2 Å². The van der Waals surface area contributed by atoms with E-state index >= 15 is 0 Å². The Kier molecular flexibility index (Phi) is 5.89. The maximum Gasteiger partial charge on any atom is 0.351 e. The summed E-state index contributed by atoms with van der Waals surface area (Å²) in [6, 6.07) is 8.09. The average molecular weight is 405 g/mol. The summed E-state index contributed by atoms with van der Waals surface area (Å²) in [4.78, 5) is 24.7. The van der Waals surface area contributed by atoms with Gasteiger partial charge in [-0.15, -0.1) is 11.3 Å². The molecule has 0 saturated carbocycles. The smallest absolute Gasteiger partial charge is 0.351 e. The molecule has 3 rings (SSSR count). The first kappa shape index (κ1) is 19.8. The van der Waals surface area contributed by atoms with Crippen LogP contribution in [0.2, 0.25) is 0 Å². The van der Waals surface area contributed by atoms with Crippen molar-refractivity contribution < 1.29 is 27.8 Å². The molecule has 3 aromatic rings. The molecule has 0 atom stereocenters. The minimum absolute atomic E-state index is 0.314. The quantitative estimate of drug-likeness (QED) is 0.586. The number of esters is 1. The number of hydrogen-bond acceptors (Lipinski definition) is 5. The summed E-state index contributed by atoms with van der Waals surface area (Å²) >= 11 is 1.20. The van der Waals surface area contributed by atoms with Crippen molar-refractivity contribution >= 4 is 39.0 Å². The fraction of sp³-hybridized carbons (Fsp3) is 0.200. The van der Waals surface area contributed by atoms with E-state index in [0.717, 1.165) is 23.3 Å². The van der Waals surface area contributed by atoms with Crippen LogP contribution in [0.15, 0.2) is 36.4 Å². The summed E-state index contributed by atoms with van der Waals surface area (Å²) in [6.07, 6.45) is 0.737. The van der Waals surface area contributed by atoms with E-state index in [1.807, 2.05) is 6.92 Å². The van der Waals surface area contributed by atoms with Gasteiger partial charge in [-0.2, -0.15) is 0 Å². The molecule has 1 N–H and O–H groups in total. The van der Waals surface area contributed by atoms with Crippen molar-refractivity contribution in [2.24, 2.45) is 0 Å². The van der Waals surface area contributed by atoms with Gasteiger partial charge in [0.1, 0.15) is 17.2 Å². The van der Waals surface area contributed by atoms with Gasteiger partial charge >= 0.3 is 5.97 Å². The number of carbonyl (C=O) groups is 2. The van der Waals surface area contributed by atoms with Crippen LogP contribution < -0.4 is 10.1 Å². The van der Waals surface area contributed by atoms with Crippen molar-refractivity contribution in [3.8, 4) is 5.75 Å². The number of halogens is 2. The zero-order valence-corrected chi connectivity index (χ0v) is 16.0. The van der Waals surface area contributed by atoms with Gasteiger partial charge in [-0.25, -0.2) is 13.6 Å². The molecule has 0 aliphatic rings. The molecule has 0 aliphatic carbocycles. The maximum atomic E-state index is 13.8. The standard InChI is InChI=1S/C20H17F2NO4S/c1-3-9-27-17-12-10-11(7-8-15(12)28-18(17)20(25)26-2)23-19(24)16-13(21)5-4-6-14(16)22/h4-8,10H,3,9H2,1-2H3,(H,23,24). The molecule has 0 unspecified atom stereocenters. The van der Waals surface area contributed by atoms with Gasteiger partial charge in [0.15, 0.2) is 10.6 Å². The normalized spacial score (nSPS) is 10.7. The molecule has 0 fully saturated rings. The van der Waals surface area contributed by atoms with Crippen LogP contribution in [-0.4, -0.2) is 25.6 Å². The second-order valence-electron chi connectivity index (χ2n) is 5.86.